The minimum absolute atomic E-state index is 0. The predicted molar refractivity (Wildman–Crippen MR) is 47.2 cm³/mol. The molecular weight excluding hydrogens is 198 g/mol. The Kier molecular flexibility index (Phi) is 7.13. The molecule has 1 N–H and O–H groups in total. The smallest absolute Gasteiger partial charge is 0.188 e. The van der Waals surface area contributed by atoms with Crippen LogP contribution in [0.1, 0.15) is 6.92 Å². The maximum atomic E-state index is 10.5. The van der Waals surface area contributed by atoms with Crippen LogP contribution >= 0.6 is 11.8 Å². The van der Waals surface area contributed by atoms with Crippen molar-refractivity contribution in [3.63, 3.8) is 0 Å². The molecule has 5 heteroatoms. The van der Waals surface area contributed by atoms with Crippen LogP contribution in [-0.2, 0) is 4.79 Å². The third-order valence-electron chi connectivity index (χ3n) is 1.01. The summed E-state index contributed by atoms with van der Waals surface area (Å²) in [7, 11) is 5.93. The van der Waals surface area contributed by atoms with Crippen molar-refractivity contribution in [3.8, 4) is 0 Å². The summed E-state index contributed by atoms with van der Waals surface area (Å²) in [5.41, 5.74) is -0.576. The van der Waals surface area contributed by atoms with Gasteiger partial charge in [-0.2, -0.15) is 0 Å². The van der Waals surface area contributed by atoms with Gasteiger partial charge in [-0.3, -0.25) is 4.79 Å². The third kappa shape index (κ3) is 10.2. The molecule has 0 fully saturated rings. The lowest BCUT2D eigenvalue weighted by Gasteiger charge is -2.25. The second-order valence-corrected chi connectivity index (χ2v) is 4.89. The topological polar surface area (TPSA) is 37.3 Å². The monoisotopic (exact) mass is 213 g/mol. The first-order valence-electron chi connectivity index (χ1n) is 3.47. The molecule has 0 radical (unpaired) electrons. The number of aliphatic hydroxyl groups is 1. The summed E-state index contributed by atoms with van der Waals surface area (Å²) < 4.78 is 0.668. The zero-order chi connectivity index (χ0) is 9.07. The van der Waals surface area contributed by atoms with Crippen LogP contribution in [0.25, 0.3) is 0 Å². The third-order valence-corrected chi connectivity index (χ3v) is 1.76. The normalized spacial score (nSPS) is 13.4. The zero-order valence-electron chi connectivity index (χ0n) is 7.87. The van der Waals surface area contributed by atoms with Crippen LogP contribution in [0.15, 0.2) is 0 Å². The number of hydrogen-bond acceptors (Lipinski definition) is 3. The van der Waals surface area contributed by atoms with Gasteiger partial charge in [0.1, 0.15) is 6.54 Å². The van der Waals surface area contributed by atoms with Gasteiger partial charge in [0.05, 0.1) is 21.1 Å². The van der Waals surface area contributed by atoms with Crippen LogP contribution < -0.4 is 12.4 Å². The lowest BCUT2D eigenvalue weighted by atomic mass is 10.5. The zero-order valence-corrected chi connectivity index (χ0v) is 9.45. The van der Waals surface area contributed by atoms with E-state index in [4.69, 9.17) is 0 Å². The molecule has 0 bridgehead atoms. The quantitative estimate of drug-likeness (QED) is 0.410. The minimum atomic E-state index is -0.576. The number of carbonyl (C=O) groups excluding carboxylic acids is 1. The Morgan fingerprint density at radius 3 is 2.17 bits per heavy atom. The van der Waals surface area contributed by atoms with Gasteiger partial charge in [-0.15, -0.1) is 0 Å². The van der Waals surface area contributed by atoms with Gasteiger partial charge in [0.25, 0.3) is 0 Å². The van der Waals surface area contributed by atoms with Crippen LogP contribution in [0.3, 0.4) is 0 Å². The Hall–Kier alpha value is 0.230. The number of quaternary nitrogens is 1. The molecule has 0 amide bonds. The molecule has 0 rings (SSSR count). The van der Waals surface area contributed by atoms with Crippen molar-refractivity contribution in [2.45, 2.75) is 12.4 Å². The second kappa shape index (κ2) is 5.80. The molecule has 0 saturated carbocycles. The van der Waals surface area contributed by atoms with Crippen molar-refractivity contribution in [1.82, 2.24) is 0 Å². The van der Waals surface area contributed by atoms with Gasteiger partial charge in [0, 0.05) is 6.92 Å². The first-order valence-corrected chi connectivity index (χ1v) is 4.35. The van der Waals surface area contributed by atoms with E-state index in [-0.39, 0.29) is 17.5 Å². The van der Waals surface area contributed by atoms with Crippen molar-refractivity contribution in [2.24, 2.45) is 0 Å². The van der Waals surface area contributed by atoms with E-state index >= 15 is 0 Å². The van der Waals surface area contributed by atoms with Crippen molar-refractivity contribution in [1.29, 1.82) is 0 Å². The Bertz CT molecular complexity index is 147. The number of aliphatic hydroxyl groups excluding tert-OH is 1. The van der Waals surface area contributed by atoms with Crippen LogP contribution in [0.5, 0.6) is 0 Å². The molecule has 0 aliphatic heterocycles. The van der Waals surface area contributed by atoms with Gasteiger partial charge in [0.2, 0.25) is 0 Å². The fraction of sp³-hybridized carbons (Fsp3) is 0.857. The van der Waals surface area contributed by atoms with Crippen LogP contribution in [0.4, 0.5) is 0 Å². The first-order chi connectivity index (χ1) is 4.81. The number of thioether (sulfide) groups is 1. The standard InChI is InChI=1S/C7H16NO2S.ClH/c1-6(9)11-7(10)5-8(2,3)4;/h7,10H,5H2,1-4H3;1H/q+1;/p-1. The minimum Gasteiger partial charge on any atom is -1.00 e. The SMILES string of the molecule is CC(=O)SC(O)C[N+](C)(C)C.[Cl-]. The Morgan fingerprint density at radius 2 is 1.92 bits per heavy atom. The van der Waals surface area contributed by atoms with Crippen molar-refractivity contribution < 1.29 is 26.8 Å². The molecule has 3 nitrogen and oxygen atoms in total. The summed E-state index contributed by atoms with van der Waals surface area (Å²) in [4.78, 5) is 10.5. The average molecular weight is 214 g/mol. The molecule has 1 atom stereocenters. The number of nitrogens with zero attached hydrogens (tertiary/aromatic N) is 1. The number of likely N-dealkylation sites (N-methyl/N-ethyl adjacent to an activating group) is 1. The van der Waals surface area contributed by atoms with Crippen LogP contribution in [0.2, 0.25) is 0 Å². The van der Waals surface area contributed by atoms with Gasteiger partial charge in [-0.05, 0) is 0 Å². The maximum Gasteiger partial charge on any atom is 0.188 e. The summed E-state index contributed by atoms with van der Waals surface area (Å²) in [6, 6.07) is 0. The molecule has 0 aromatic rings. The summed E-state index contributed by atoms with van der Waals surface area (Å²) >= 11 is 0.982. The van der Waals surface area contributed by atoms with E-state index in [9.17, 15) is 9.90 Å². The van der Waals surface area contributed by atoms with E-state index in [0.717, 1.165) is 11.8 Å². The van der Waals surface area contributed by atoms with Gasteiger partial charge < -0.3 is 22.0 Å². The molecule has 74 valence electrons. The highest BCUT2D eigenvalue weighted by molar-refractivity contribution is 8.13. The molecule has 0 aliphatic rings. The largest absolute Gasteiger partial charge is 1.00 e. The lowest BCUT2D eigenvalue weighted by molar-refractivity contribution is -0.871. The molecular formula is C7H16ClNO2S. The van der Waals surface area contributed by atoms with E-state index < -0.39 is 5.44 Å². The molecule has 0 aromatic carbocycles. The Labute approximate surface area is 84.1 Å². The first kappa shape index (κ1) is 14.7. The van der Waals surface area contributed by atoms with Crippen molar-refractivity contribution >= 4 is 16.9 Å². The van der Waals surface area contributed by atoms with Gasteiger partial charge >= 0.3 is 0 Å². The van der Waals surface area contributed by atoms with Crippen LogP contribution in [-0.4, -0.2) is 47.8 Å². The summed E-state index contributed by atoms with van der Waals surface area (Å²) in [6.45, 7) is 2.05. The van der Waals surface area contributed by atoms with Gasteiger partial charge in [-0.25, -0.2) is 0 Å². The predicted octanol–water partition coefficient (Wildman–Crippen LogP) is -2.71. The number of halogens is 1. The number of hydrogen-bond donors (Lipinski definition) is 1. The number of rotatable bonds is 3. The average Bonchev–Trinajstić information content (AvgIpc) is 1.53. The highest BCUT2D eigenvalue weighted by Gasteiger charge is 2.16. The molecule has 1 unspecified atom stereocenters. The van der Waals surface area contributed by atoms with E-state index in [1.54, 1.807) is 0 Å². The summed E-state index contributed by atoms with van der Waals surface area (Å²) in [6.07, 6.45) is 0. The van der Waals surface area contributed by atoms with E-state index in [1.165, 1.54) is 6.92 Å². The fourth-order valence-corrected chi connectivity index (χ4v) is 1.60. The Morgan fingerprint density at radius 1 is 1.50 bits per heavy atom. The Balaban J connectivity index is 0. The van der Waals surface area contributed by atoms with Crippen molar-refractivity contribution in [2.75, 3.05) is 27.7 Å². The van der Waals surface area contributed by atoms with E-state index in [0.29, 0.717) is 11.0 Å². The van der Waals surface area contributed by atoms with Gasteiger partial charge in [-0.1, -0.05) is 11.8 Å². The fourth-order valence-electron chi connectivity index (χ4n) is 0.697. The van der Waals surface area contributed by atoms with Gasteiger partial charge in [0.15, 0.2) is 10.6 Å². The summed E-state index contributed by atoms with van der Waals surface area (Å²) in [5, 5.41) is 9.25. The molecule has 0 heterocycles. The second-order valence-electron chi connectivity index (χ2n) is 3.54. The highest BCUT2D eigenvalue weighted by Crippen LogP contribution is 2.11. The molecule has 12 heavy (non-hydrogen) atoms. The van der Waals surface area contributed by atoms with E-state index in [2.05, 4.69) is 0 Å². The molecule has 0 aliphatic carbocycles. The van der Waals surface area contributed by atoms with Crippen molar-refractivity contribution in [3.05, 3.63) is 0 Å². The van der Waals surface area contributed by atoms with Crippen LogP contribution in [0, 0.1) is 0 Å². The summed E-state index contributed by atoms with van der Waals surface area (Å²) in [5.74, 6) is 0. The molecule has 0 aromatic heterocycles. The highest BCUT2D eigenvalue weighted by atomic mass is 35.5. The molecule has 0 saturated heterocycles. The van der Waals surface area contributed by atoms with E-state index in [1.807, 2.05) is 21.1 Å². The lowest BCUT2D eigenvalue weighted by Crippen LogP contribution is -3.00. The number of carbonyl (C=O) groups is 1. The maximum absolute atomic E-state index is 10.5. The molecule has 0 spiro atoms.